The molecule has 14 heteroatoms. The average Bonchev–Trinajstić information content (AvgIpc) is 3.56. The predicted octanol–water partition coefficient (Wildman–Crippen LogP) is 6.87. The van der Waals surface area contributed by atoms with Crippen molar-refractivity contribution in [3.63, 3.8) is 0 Å². The molecule has 7 rings (SSSR count). The Bertz CT molecular complexity index is 2430. The van der Waals surface area contributed by atoms with Gasteiger partial charge in [0.2, 0.25) is 11.8 Å². The zero-order valence-corrected chi connectivity index (χ0v) is 38.7. The summed E-state index contributed by atoms with van der Waals surface area (Å²) >= 11 is 0. The smallest absolute Gasteiger partial charge is 0.324 e. The molecular weight excluding hydrogens is 813 g/mol. The number of phenolic OH excluding ortho intramolecular Hbond substituents is 1. The zero-order valence-electron chi connectivity index (χ0n) is 38.7. The summed E-state index contributed by atoms with van der Waals surface area (Å²) in [5, 5.41) is 16.7. The number of aromatic hydroxyl groups is 1. The first-order chi connectivity index (χ1) is 30.5. The fraction of sp³-hybridized carbons (Fsp3) is 0.500. The molecule has 3 aliphatic rings. The third kappa shape index (κ3) is 9.53. The van der Waals surface area contributed by atoms with E-state index in [1.165, 1.54) is 9.91 Å². The number of nitrogens with zero attached hydrogens (tertiary/aromatic N) is 4. The third-order valence-corrected chi connectivity index (χ3v) is 13.0. The Hall–Kier alpha value is -5.73. The van der Waals surface area contributed by atoms with E-state index in [-0.39, 0.29) is 42.6 Å². The lowest BCUT2D eigenvalue weighted by Gasteiger charge is -2.38. The molecule has 0 radical (unpaired) electrons. The zero-order chi connectivity index (χ0) is 46.0. The highest BCUT2D eigenvalue weighted by Gasteiger charge is 2.40. The van der Waals surface area contributed by atoms with Crippen molar-refractivity contribution >= 4 is 34.6 Å². The number of hydrogen-bond acceptors (Lipinski definition) is 10. The average molecular weight is 877 g/mol. The second-order valence-electron chi connectivity index (χ2n) is 18.8. The number of cyclic esters (lactones) is 1. The Morgan fingerprint density at radius 2 is 1.84 bits per heavy atom. The second kappa shape index (κ2) is 19.2. The van der Waals surface area contributed by atoms with Crippen molar-refractivity contribution in [1.29, 1.82) is 0 Å². The van der Waals surface area contributed by atoms with Crippen molar-refractivity contribution < 1.29 is 38.5 Å². The molecule has 0 unspecified atom stereocenters. The van der Waals surface area contributed by atoms with Gasteiger partial charge in [-0.15, -0.1) is 0 Å². The number of ether oxygens (including phenoxy) is 3. The number of aromatic nitrogens is 2. The molecule has 342 valence electrons. The van der Waals surface area contributed by atoms with Crippen molar-refractivity contribution in [3.8, 4) is 28.1 Å². The number of methoxy groups -OCH3 is 2. The molecule has 3 N–H and O–H groups in total. The van der Waals surface area contributed by atoms with Crippen LogP contribution in [0.5, 0.6) is 5.75 Å². The molecule has 1 saturated heterocycles. The number of allylic oxidation sites excluding steroid dienone is 1. The lowest BCUT2D eigenvalue weighted by Crippen LogP contribution is -2.62. The number of phenols is 1. The SMILES string of the molecule is CCn1c(-c2cccnc2[C@H](C)OC)c2c3cc(ccc31)-c1cc(O)cc(c1)C[C@H](NC(=O)[C@H](C(C)C)N(C)C(=O)C1CC(=COC)C1)C(=O)N1CCC[C@H](N1)C(=O)OCC(C)(C)C2. The number of benzene rings is 2. The van der Waals surface area contributed by atoms with Gasteiger partial charge in [0.25, 0.3) is 5.91 Å². The van der Waals surface area contributed by atoms with Gasteiger partial charge in [-0.2, -0.15) is 0 Å². The van der Waals surface area contributed by atoms with E-state index in [0.717, 1.165) is 50.1 Å². The van der Waals surface area contributed by atoms with Crippen LogP contribution in [0, 0.1) is 17.3 Å². The lowest BCUT2D eigenvalue weighted by atomic mass is 9.79. The van der Waals surface area contributed by atoms with Gasteiger partial charge in [-0.25, -0.2) is 5.43 Å². The van der Waals surface area contributed by atoms with Crippen molar-refractivity contribution in [3.05, 3.63) is 83.4 Å². The topological polar surface area (TPSA) is 165 Å². The summed E-state index contributed by atoms with van der Waals surface area (Å²) in [6.07, 6.45) is 5.85. The summed E-state index contributed by atoms with van der Waals surface area (Å²) in [5.74, 6) is -2.07. The maximum atomic E-state index is 14.7. The van der Waals surface area contributed by atoms with Gasteiger partial charge in [0.15, 0.2) is 0 Å². The molecule has 6 bridgehead atoms. The van der Waals surface area contributed by atoms with Crippen LogP contribution < -0.4 is 10.7 Å². The van der Waals surface area contributed by atoms with Gasteiger partial charge in [-0.1, -0.05) is 39.8 Å². The minimum Gasteiger partial charge on any atom is -0.508 e. The first kappa shape index (κ1) is 46.3. The largest absolute Gasteiger partial charge is 0.508 e. The number of hydrogen-bond donors (Lipinski definition) is 3. The molecule has 4 heterocycles. The Kier molecular flexibility index (Phi) is 13.9. The first-order valence-electron chi connectivity index (χ1n) is 22.5. The predicted molar refractivity (Wildman–Crippen MR) is 245 cm³/mol. The Balaban J connectivity index is 1.32. The number of rotatable bonds is 10. The number of aryl methyl sites for hydroxylation is 1. The van der Waals surface area contributed by atoms with E-state index in [2.05, 4.69) is 54.3 Å². The van der Waals surface area contributed by atoms with E-state index < -0.39 is 41.3 Å². The summed E-state index contributed by atoms with van der Waals surface area (Å²) in [5.41, 5.74) is 10.7. The molecule has 2 aromatic heterocycles. The summed E-state index contributed by atoms with van der Waals surface area (Å²) in [7, 11) is 4.89. The maximum Gasteiger partial charge on any atom is 0.324 e. The van der Waals surface area contributed by atoms with E-state index in [9.17, 15) is 24.3 Å². The number of pyridine rings is 1. The van der Waals surface area contributed by atoms with E-state index in [1.54, 1.807) is 45.9 Å². The van der Waals surface area contributed by atoms with Gasteiger partial charge in [-0.05, 0) is 116 Å². The van der Waals surface area contributed by atoms with Crippen molar-refractivity contribution in [2.45, 2.75) is 111 Å². The molecule has 4 aromatic rings. The van der Waals surface area contributed by atoms with E-state index in [4.69, 9.17) is 19.2 Å². The molecule has 64 heavy (non-hydrogen) atoms. The number of carbonyl (C=O) groups is 4. The van der Waals surface area contributed by atoms with Crippen LogP contribution >= 0.6 is 0 Å². The van der Waals surface area contributed by atoms with Crippen LogP contribution in [0.3, 0.4) is 0 Å². The normalized spacial score (nSPS) is 21.1. The van der Waals surface area contributed by atoms with E-state index in [1.807, 2.05) is 39.0 Å². The number of nitrogens with one attached hydrogen (secondary N) is 2. The van der Waals surface area contributed by atoms with E-state index in [0.29, 0.717) is 50.8 Å². The molecule has 2 aliphatic heterocycles. The van der Waals surface area contributed by atoms with Crippen molar-refractivity contribution in [1.82, 2.24) is 30.2 Å². The Morgan fingerprint density at radius 1 is 1.08 bits per heavy atom. The molecular formula is C50H64N6O8. The minimum atomic E-state index is -1.12. The molecule has 2 aromatic carbocycles. The Morgan fingerprint density at radius 3 is 2.55 bits per heavy atom. The fourth-order valence-corrected chi connectivity index (χ4v) is 9.69. The van der Waals surface area contributed by atoms with Gasteiger partial charge in [-0.3, -0.25) is 29.2 Å². The van der Waals surface area contributed by atoms with Crippen LogP contribution in [0.4, 0.5) is 0 Å². The van der Waals surface area contributed by atoms with Crippen molar-refractivity contribution in [2.24, 2.45) is 17.3 Å². The first-order valence-corrected chi connectivity index (χ1v) is 22.5. The maximum absolute atomic E-state index is 14.7. The number of hydrazine groups is 1. The highest BCUT2D eigenvalue weighted by molar-refractivity contribution is 5.96. The fourth-order valence-electron chi connectivity index (χ4n) is 9.69. The third-order valence-electron chi connectivity index (χ3n) is 13.0. The number of fused-ring (bicyclic) bond motifs is 6. The standard InChI is InChI=1S/C50H64N6O8/c1-10-55-42-16-15-33-25-38(42)39(45(55)37-13-11-17-51-43(37)30(4)63-9)26-50(5,6)28-64-49(61)40-14-12-18-56(53-40)48(60)41(23-31-19-34(33)24-36(57)22-31)52-46(58)44(29(2)3)54(7)47(59)35-20-32(21-35)27-62-8/h11,13,15-17,19,22,24-25,27,29-30,35,40-41,44,53,57H,10,12,14,18,20-21,23,26,28H2,1-9H3,(H,52,58)/t30-,35?,40-,41-,44-/m0/s1. The van der Waals surface area contributed by atoms with Crippen LogP contribution in [-0.4, -0.2) is 101 Å². The van der Waals surface area contributed by atoms with Crippen LogP contribution in [0.25, 0.3) is 33.3 Å². The van der Waals surface area contributed by atoms with Crippen LogP contribution in [0.2, 0.25) is 0 Å². The van der Waals surface area contributed by atoms with Gasteiger partial charge >= 0.3 is 5.97 Å². The minimum absolute atomic E-state index is 0.00735. The van der Waals surface area contributed by atoms with Gasteiger partial charge < -0.3 is 34.1 Å². The molecule has 1 aliphatic carbocycles. The quantitative estimate of drug-likeness (QED) is 0.113. The highest BCUT2D eigenvalue weighted by atomic mass is 16.5. The Labute approximate surface area is 376 Å². The summed E-state index contributed by atoms with van der Waals surface area (Å²) in [6, 6.07) is 12.8. The highest BCUT2D eigenvalue weighted by Crippen LogP contribution is 2.42. The van der Waals surface area contributed by atoms with Gasteiger partial charge in [0.05, 0.1) is 37.5 Å². The van der Waals surface area contributed by atoms with Crippen molar-refractivity contribution in [2.75, 3.05) is 34.4 Å². The number of carbonyl (C=O) groups excluding carboxylic acids is 4. The molecule has 2 fully saturated rings. The second-order valence-corrected chi connectivity index (χ2v) is 18.8. The molecule has 14 nitrogen and oxygen atoms in total. The van der Waals surface area contributed by atoms with Crippen LogP contribution in [-0.2, 0) is 52.8 Å². The monoisotopic (exact) mass is 876 g/mol. The van der Waals surface area contributed by atoms with Gasteiger partial charge in [0, 0.05) is 67.7 Å². The molecule has 3 amide bonds. The number of likely N-dealkylation sites (N-methyl/N-ethyl adjacent to an activating group) is 1. The molecule has 4 atom stereocenters. The lowest BCUT2D eigenvalue weighted by molar-refractivity contribution is -0.155. The van der Waals surface area contributed by atoms with Crippen LogP contribution in [0.1, 0.15) is 90.2 Å². The van der Waals surface area contributed by atoms with Gasteiger partial charge in [0.1, 0.15) is 23.9 Å². The van der Waals surface area contributed by atoms with E-state index >= 15 is 0 Å². The summed E-state index contributed by atoms with van der Waals surface area (Å²) in [6.45, 7) is 13.1. The number of esters is 1. The molecule has 0 spiro atoms. The summed E-state index contributed by atoms with van der Waals surface area (Å²) in [4.78, 5) is 62.9. The molecule has 1 saturated carbocycles. The summed E-state index contributed by atoms with van der Waals surface area (Å²) < 4.78 is 19.3. The van der Waals surface area contributed by atoms with Crippen LogP contribution in [0.15, 0.2) is 66.6 Å². The number of amides is 3.